The van der Waals surface area contributed by atoms with Crippen LogP contribution in [0.5, 0.6) is 0 Å². The summed E-state index contributed by atoms with van der Waals surface area (Å²) in [5, 5.41) is 6.26. The summed E-state index contributed by atoms with van der Waals surface area (Å²) >= 11 is 0. The van der Waals surface area contributed by atoms with Crippen molar-refractivity contribution in [1.29, 1.82) is 0 Å². The van der Waals surface area contributed by atoms with E-state index < -0.39 is 11.2 Å². The summed E-state index contributed by atoms with van der Waals surface area (Å²) in [6, 6.07) is 5.59. The van der Waals surface area contributed by atoms with Crippen LogP contribution in [0, 0.1) is 5.82 Å². The van der Waals surface area contributed by atoms with Crippen molar-refractivity contribution in [2.75, 3.05) is 11.6 Å². The minimum Gasteiger partial charge on any atom is -0.294 e. The van der Waals surface area contributed by atoms with Crippen LogP contribution >= 0.6 is 0 Å². The van der Waals surface area contributed by atoms with Crippen molar-refractivity contribution in [3.63, 3.8) is 0 Å². The van der Waals surface area contributed by atoms with Gasteiger partial charge in [0.1, 0.15) is 5.82 Å². The molecule has 0 saturated heterocycles. The second kappa shape index (κ2) is 6.43. The molecule has 28 heavy (non-hydrogen) atoms. The predicted octanol–water partition coefficient (Wildman–Crippen LogP) is 1.86. The number of hydrazone groups is 1. The summed E-state index contributed by atoms with van der Waals surface area (Å²) in [5.41, 5.74) is 1.32. The molecule has 1 aliphatic heterocycles. The smallest absolute Gasteiger partial charge is 0.294 e. The first-order chi connectivity index (χ1) is 13.3. The number of halogens is 1. The maximum absolute atomic E-state index is 13.3. The van der Waals surface area contributed by atoms with Gasteiger partial charge in [0.2, 0.25) is 5.95 Å². The van der Waals surface area contributed by atoms with Crippen LogP contribution in [0.4, 0.5) is 10.3 Å². The number of nitrogens with zero attached hydrogens (tertiary/aromatic N) is 6. The Morgan fingerprint density at radius 3 is 2.50 bits per heavy atom. The third-order valence-corrected chi connectivity index (χ3v) is 5.21. The first-order valence-corrected chi connectivity index (χ1v) is 9.12. The molecule has 1 aliphatic rings. The molecule has 9 heteroatoms. The van der Waals surface area contributed by atoms with Gasteiger partial charge in [0.25, 0.3) is 5.56 Å². The van der Waals surface area contributed by atoms with Crippen molar-refractivity contribution in [2.45, 2.75) is 33.4 Å². The Hall–Kier alpha value is -3.23. The highest BCUT2D eigenvalue weighted by atomic mass is 19.1. The molecule has 2 aromatic heterocycles. The van der Waals surface area contributed by atoms with Crippen molar-refractivity contribution in [2.24, 2.45) is 12.1 Å². The fourth-order valence-corrected chi connectivity index (χ4v) is 3.51. The number of hydrogen-bond donors (Lipinski definition) is 0. The van der Waals surface area contributed by atoms with Crippen molar-refractivity contribution in [3.8, 4) is 0 Å². The molecule has 0 fully saturated rings. The Labute approximate surface area is 160 Å². The van der Waals surface area contributed by atoms with Gasteiger partial charge in [0.05, 0.1) is 18.3 Å². The molecule has 8 nitrogen and oxygen atoms in total. The molecule has 3 heterocycles. The quantitative estimate of drug-likeness (QED) is 0.691. The lowest BCUT2D eigenvalue weighted by Crippen LogP contribution is -2.40. The molecular formula is C19H21FN6O2. The molecule has 4 rings (SSSR count). The zero-order valence-corrected chi connectivity index (χ0v) is 16.2. The maximum atomic E-state index is 13.3. The minimum absolute atomic E-state index is 0.0567. The Morgan fingerprint density at radius 2 is 1.86 bits per heavy atom. The maximum Gasteiger partial charge on any atom is 0.332 e. The van der Waals surface area contributed by atoms with Crippen LogP contribution in [-0.4, -0.2) is 30.9 Å². The Bertz CT molecular complexity index is 1220. The van der Waals surface area contributed by atoms with E-state index in [0.717, 1.165) is 10.3 Å². The van der Waals surface area contributed by atoms with Crippen LogP contribution in [-0.2, 0) is 13.6 Å². The lowest BCUT2D eigenvalue weighted by atomic mass is 10.2. The molecule has 0 aliphatic carbocycles. The van der Waals surface area contributed by atoms with Gasteiger partial charge in [0.15, 0.2) is 11.2 Å². The molecule has 1 aromatic carbocycles. The van der Waals surface area contributed by atoms with E-state index in [2.05, 4.69) is 10.1 Å². The lowest BCUT2D eigenvalue weighted by Gasteiger charge is -2.28. The third-order valence-electron chi connectivity index (χ3n) is 5.21. The van der Waals surface area contributed by atoms with Crippen molar-refractivity contribution in [3.05, 3.63) is 56.5 Å². The number of imidazole rings is 1. The number of rotatable bonds is 3. The topological polar surface area (TPSA) is 77.4 Å². The summed E-state index contributed by atoms with van der Waals surface area (Å²) < 4.78 is 17.6. The van der Waals surface area contributed by atoms with Crippen LogP contribution in [0.2, 0.25) is 0 Å². The Kier molecular flexibility index (Phi) is 4.17. The highest BCUT2D eigenvalue weighted by Crippen LogP contribution is 2.29. The molecule has 0 N–H and O–H groups in total. The SMILES string of the molecule is CCN1N=C(C)[C@@H](C)n2c1nc1c2c(=O)n(Cc2ccc(F)cc2)c(=O)n1C. The fourth-order valence-electron chi connectivity index (χ4n) is 3.51. The van der Waals surface area contributed by atoms with Crippen LogP contribution in [0.25, 0.3) is 11.2 Å². The molecule has 0 spiro atoms. The third kappa shape index (κ3) is 2.57. The molecule has 0 saturated carbocycles. The van der Waals surface area contributed by atoms with Crippen LogP contribution in [0.15, 0.2) is 39.0 Å². The minimum atomic E-state index is -0.467. The van der Waals surface area contributed by atoms with Gasteiger partial charge < -0.3 is 0 Å². The number of aromatic nitrogens is 4. The van der Waals surface area contributed by atoms with E-state index in [1.165, 1.54) is 16.7 Å². The first kappa shape index (κ1) is 18.1. The highest BCUT2D eigenvalue weighted by molar-refractivity contribution is 5.90. The van der Waals surface area contributed by atoms with Gasteiger partial charge in [-0.25, -0.2) is 14.2 Å². The lowest BCUT2D eigenvalue weighted by molar-refractivity contribution is 0.620. The van der Waals surface area contributed by atoms with Crippen molar-refractivity contribution < 1.29 is 4.39 Å². The van der Waals surface area contributed by atoms with E-state index in [1.54, 1.807) is 24.2 Å². The number of anilines is 1. The van der Waals surface area contributed by atoms with Crippen molar-refractivity contribution >= 4 is 22.8 Å². The second-order valence-electron chi connectivity index (χ2n) is 6.95. The number of aryl methyl sites for hydroxylation is 1. The van der Waals surface area contributed by atoms with Crippen LogP contribution in [0.1, 0.15) is 32.4 Å². The fraction of sp³-hybridized carbons (Fsp3) is 0.368. The molecule has 0 bridgehead atoms. The van der Waals surface area contributed by atoms with Crippen LogP contribution in [0.3, 0.4) is 0 Å². The van der Waals surface area contributed by atoms with Gasteiger partial charge in [-0.3, -0.25) is 18.5 Å². The predicted molar refractivity (Wildman–Crippen MR) is 106 cm³/mol. The van der Waals surface area contributed by atoms with E-state index in [9.17, 15) is 14.0 Å². The van der Waals surface area contributed by atoms with Gasteiger partial charge in [-0.1, -0.05) is 12.1 Å². The molecule has 1 atom stereocenters. The molecule has 3 aromatic rings. The summed E-state index contributed by atoms with van der Waals surface area (Å²) in [6.45, 7) is 6.45. The van der Waals surface area contributed by atoms with Gasteiger partial charge >= 0.3 is 5.69 Å². The molecular weight excluding hydrogens is 363 g/mol. The van der Waals surface area contributed by atoms with E-state index in [-0.39, 0.29) is 18.4 Å². The van der Waals surface area contributed by atoms with E-state index in [0.29, 0.717) is 29.2 Å². The Morgan fingerprint density at radius 1 is 1.18 bits per heavy atom. The van der Waals surface area contributed by atoms with Gasteiger partial charge in [0, 0.05) is 13.6 Å². The summed E-state index contributed by atoms with van der Waals surface area (Å²) in [5.74, 6) is 0.176. The van der Waals surface area contributed by atoms with E-state index in [1.807, 2.05) is 25.3 Å². The van der Waals surface area contributed by atoms with Gasteiger partial charge in [-0.2, -0.15) is 10.1 Å². The van der Waals surface area contributed by atoms with Crippen molar-refractivity contribution in [1.82, 2.24) is 18.7 Å². The molecule has 0 unspecified atom stereocenters. The van der Waals surface area contributed by atoms with E-state index in [4.69, 9.17) is 0 Å². The molecule has 0 amide bonds. The second-order valence-corrected chi connectivity index (χ2v) is 6.95. The highest BCUT2D eigenvalue weighted by Gasteiger charge is 2.30. The zero-order valence-electron chi connectivity index (χ0n) is 16.2. The van der Waals surface area contributed by atoms with Gasteiger partial charge in [-0.05, 0) is 38.5 Å². The normalized spacial score (nSPS) is 16.4. The standard InChI is InChI=1S/C19H21FN6O2/c1-5-25-18-21-16-15(26(18)12(3)11(2)22-25)17(27)24(19(28)23(16)4)10-13-6-8-14(20)9-7-13/h6-9,12H,5,10H2,1-4H3/t12-/m1/s1. The monoisotopic (exact) mass is 384 g/mol. The average Bonchev–Trinajstić information content (AvgIpc) is 3.09. The number of benzene rings is 1. The number of hydrogen-bond acceptors (Lipinski definition) is 5. The number of fused-ring (bicyclic) bond motifs is 3. The Balaban J connectivity index is 1.99. The first-order valence-electron chi connectivity index (χ1n) is 9.12. The summed E-state index contributed by atoms with van der Waals surface area (Å²) in [4.78, 5) is 30.7. The summed E-state index contributed by atoms with van der Waals surface area (Å²) in [6.07, 6.45) is 0. The van der Waals surface area contributed by atoms with Crippen LogP contribution < -0.4 is 16.3 Å². The van der Waals surface area contributed by atoms with E-state index >= 15 is 0 Å². The molecule has 0 radical (unpaired) electrons. The average molecular weight is 384 g/mol. The largest absolute Gasteiger partial charge is 0.332 e. The summed E-state index contributed by atoms with van der Waals surface area (Å²) in [7, 11) is 1.60. The molecule has 146 valence electrons. The zero-order chi connectivity index (χ0) is 20.2. The van der Waals surface area contributed by atoms with Gasteiger partial charge in [-0.15, -0.1) is 0 Å².